The van der Waals surface area contributed by atoms with Crippen LogP contribution < -0.4 is 5.32 Å². The first-order valence-electron chi connectivity index (χ1n) is 6.59. The van der Waals surface area contributed by atoms with Crippen LogP contribution >= 0.6 is 11.6 Å². The minimum atomic E-state index is -4.62. The molecule has 0 spiro atoms. The smallest absolute Gasteiger partial charge is 0.351 e. The lowest BCUT2D eigenvalue weighted by molar-refractivity contribution is -0.142. The van der Waals surface area contributed by atoms with Crippen molar-refractivity contribution in [3.05, 3.63) is 29.2 Å². The number of carbonyl (C=O) groups excluding carboxylic acids is 2. The van der Waals surface area contributed by atoms with E-state index in [9.17, 15) is 22.8 Å². The molecule has 0 saturated carbocycles. The van der Waals surface area contributed by atoms with E-state index in [2.05, 4.69) is 15.4 Å². The van der Waals surface area contributed by atoms with Gasteiger partial charge >= 0.3 is 6.18 Å². The van der Waals surface area contributed by atoms with E-state index in [1.54, 1.807) is 0 Å². The van der Waals surface area contributed by atoms with Gasteiger partial charge in [0.05, 0.1) is 0 Å². The zero-order valence-electron chi connectivity index (χ0n) is 11.9. The number of aryl methyl sites for hydroxylation is 1. The zero-order chi connectivity index (χ0) is 17.2. The van der Waals surface area contributed by atoms with E-state index in [4.69, 9.17) is 11.6 Å². The van der Waals surface area contributed by atoms with Crippen LogP contribution in [0.2, 0.25) is 0 Å². The summed E-state index contributed by atoms with van der Waals surface area (Å²) in [6.07, 6.45) is -4.20. The lowest BCUT2D eigenvalue weighted by atomic mass is 10.3. The van der Waals surface area contributed by atoms with Gasteiger partial charge in [0.1, 0.15) is 5.69 Å². The molecule has 2 rings (SSSR count). The van der Waals surface area contributed by atoms with Crippen LogP contribution in [0.25, 0.3) is 5.65 Å². The molecular formula is C13H12ClF3N4O2. The van der Waals surface area contributed by atoms with Crippen molar-refractivity contribution in [3.63, 3.8) is 0 Å². The van der Waals surface area contributed by atoms with E-state index >= 15 is 0 Å². The van der Waals surface area contributed by atoms with E-state index in [1.807, 2.05) is 0 Å². The maximum atomic E-state index is 13.0. The number of hydrogen-bond donors (Lipinski definition) is 1. The van der Waals surface area contributed by atoms with Gasteiger partial charge in [-0.25, -0.2) is 9.50 Å². The topological polar surface area (TPSA) is 76.4 Å². The molecule has 0 unspecified atom stereocenters. The number of nitrogens with zero attached hydrogens (tertiary/aromatic N) is 3. The Morgan fingerprint density at radius 3 is 2.65 bits per heavy atom. The Morgan fingerprint density at radius 1 is 1.35 bits per heavy atom. The van der Waals surface area contributed by atoms with Crippen LogP contribution in [0.1, 0.15) is 34.7 Å². The molecule has 0 aliphatic heterocycles. The SMILES string of the molecule is Cc1cc(C(F)(F)F)n2nc(C(=O)NCCCC(=O)Cl)cc2n1. The summed E-state index contributed by atoms with van der Waals surface area (Å²) in [5.41, 5.74) is -1.10. The Balaban J connectivity index is 2.23. The Hall–Kier alpha value is -2.16. The Kier molecular flexibility index (Phi) is 4.88. The summed E-state index contributed by atoms with van der Waals surface area (Å²) < 4.78 is 39.6. The Labute approximate surface area is 133 Å². The fourth-order valence-corrected chi connectivity index (χ4v) is 2.07. The highest BCUT2D eigenvalue weighted by molar-refractivity contribution is 6.63. The van der Waals surface area contributed by atoms with Crippen molar-refractivity contribution < 1.29 is 22.8 Å². The minimum Gasteiger partial charge on any atom is -0.351 e. The molecule has 0 atom stereocenters. The zero-order valence-corrected chi connectivity index (χ0v) is 12.7. The van der Waals surface area contributed by atoms with Crippen molar-refractivity contribution in [2.24, 2.45) is 0 Å². The molecule has 6 nitrogen and oxygen atoms in total. The quantitative estimate of drug-likeness (QED) is 0.664. The third-order valence-corrected chi connectivity index (χ3v) is 3.10. The number of amides is 1. The van der Waals surface area contributed by atoms with Gasteiger partial charge < -0.3 is 5.32 Å². The first-order chi connectivity index (χ1) is 10.7. The summed E-state index contributed by atoms with van der Waals surface area (Å²) in [7, 11) is 0. The van der Waals surface area contributed by atoms with Crippen LogP contribution in [0.5, 0.6) is 0 Å². The fourth-order valence-electron chi connectivity index (χ4n) is 1.93. The molecule has 124 valence electrons. The van der Waals surface area contributed by atoms with Crippen LogP contribution in [-0.4, -0.2) is 32.3 Å². The molecular weight excluding hydrogens is 337 g/mol. The number of halogens is 4. The number of alkyl halides is 3. The van der Waals surface area contributed by atoms with Gasteiger partial charge in [-0.05, 0) is 31.0 Å². The molecule has 0 saturated heterocycles. The van der Waals surface area contributed by atoms with E-state index in [-0.39, 0.29) is 30.0 Å². The molecule has 0 bridgehead atoms. The van der Waals surface area contributed by atoms with Gasteiger partial charge in [-0.1, -0.05) is 0 Å². The number of carbonyl (C=O) groups is 2. The molecule has 0 aromatic carbocycles. The van der Waals surface area contributed by atoms with Gasteiger partial charge in [0.2, 0.25) is 5.24 Å². The lowest BCUT2D eigenvalue weighted by Gasteiger charge is -2.09. The summed E-state index contributed by atoms with van der Waals surface area (Å²) in [6.45, 7) is 1.58. The Bertz CT molecular complexity index is 757. The molecule has 2 aromatic rings. The highest BCUT2D eigenvalue weighted by atomic mass is 35.5. The predicted octanol–water partition coefficient (Wildman–Crippen LogP) is 2.33. The third kappa shape index (κ3) is 4.19. The maximum absolute atomic E-state index is 13.0. The predicted molar refractivity (Wildman–Crippen MR) is 75.2 cm³/mol. The van der Waals surface area contributed by atoms with Crippen LogP contribution in [0.15, 0.2) is 12.1 Å². The van der Waals surface area contributed by atoms with Crippen LogP contribution in [0.4, 0.5) is 13.2 Å². The third-order valence-electron chi connectivity index (χ3n) is 2.91. The van der Waals surface area contributed by atoms with Crippen molar-refractivity contribution in [3.8, 4) is 0 Å². The van der Waals surface area contributed by atoms with Crippen molar-refractivity contribution in [1.29, 1.82) is 0 Å². The lowest BCUT2D eigenvalue weighted by Crippen LogP contribution is -2.25. The summed E-state index contributed by atoms with van der Waals surface area (Å²) in [4.78, 5) is 26.4. The second-order valence-corrected chi connectivity index (χ2v) is 5.22. The van der Waals surface area contributed by atoms with Crippen molar-refractivity contribution in [2.45, 2.75) is 25.9 Å². The van der Waals surface area contributed by atoms with Gasteiger partial charge in [0.25, 0.3) is 5.91 Å². The Morgan fingerprint density at radius 2 is 2.04 bits per heavy atom. The normalized spacial score (nSPS) is 11.7. The van der Waals surface area contributed by atoms with E-state index in [1.165, 1.54) is 13.0 Å². The first-order valence-corrected chi connectivity index (χ1v) is 6.97. The van der Waals surface area contributed by atoms with E-state index in [0.717, 1.165) is 6.07 Å². The maximum Gasteiger partial charge on any atom is 0.433 e. The van der Waals surface area contributed by atoms with E-state index in [0.29, 0.717) is 10.9 Å². The fraction of sp³-hybridized carbons (Fsp3) is 0.385. The summed E-state index contributed by atoms with van der Waals surface area (Å²) in [5, 5.41) is 5.59. The molecule has 1 amide bonds. The standard InChI is InChI=1S/C13H12ClF3N4O2/c1-7-5-9(13(15,16)17)21-11(19-7)6-8(20-21)12(23)18-4-2-3-10(14)22/h5-6H,2-4H2,1H3,(H,18,23). The number of hydrogen-bond acceptors (Lipinski definition) is 4. The molecule has 0 aliphatic rings. The van der Waals surface area contributed by atoms with Crippen molar-refractivity contribution in [2.75, 3.05) is 6.54 Å². The van der Waals surface area contributed by atoms with Gasteiger partial charge in [-0.2, -0.15) is 18.3 Å². The van der Waals surface area contributed by atoms with Gasteiger partial charge in [0.15, 0.2) is 11.3 Å². The molecule has 23 heavy (non-hydrogen) atoms. The second-order valence-electron chi connectivity index (χ2n) is 4.79. The van der Waals surface area contributed by atoms with Crippen molar-refractivity contribution >= 4 is 28.4 Å². The number of fused-ring (bicyclic) bond motifs is 1. The minimum absolute atomic E-state index is 0.0709. The summed E-state index contributed by atoms with van der Waals surface area (Å²) >= 11 is 5.16. The number of nitrogens with one attached hydrogen (secondary N) is 1. The molecule has 2 heterocycles. The highest BCUT2D eigenvalue weighted by Gasteiger charge is 2.35. The molecule has 0 fully saturated rings. The molecule has 1 N–H and O–H groups in total. The monoisotopic (exact) mass is 348 g/mol. The van der Waals surface area contributed by atoms with Gasteiger partial charge in [-0.15, -0.1) is 0 Å². The van der Waals surface area contributed by atoms with Gasteiger partial charge in [0, 0.05) is 24.7 Å². The average Bonchev–Trinajstić information content (AvgIpc) is 2.84. The van der Waals surface area contributed by atoms with Gasteiger partial charge in [-0.3, -0.25) is 9.59 Å². The number of rotatable bonds is 5. The summed E-state index contributed by atoms with van der Waals surface area (Å²) in [5.74, 6) is -0.650. The average molecular weight is 349 g/mol. The largest absolute Gasteiger partial charge is 0.433 e. The number of aromatic nitrogens is 3. The molecule has 0 aliphatic carbocycles. The van der Waals surface area contributed by atoms with Crippen molar-refractivity contribution in [1.82, 2.24) is 19.9 Å². The second kappa shape index (κ2) is 6.53. The molecule has 0 radical (unpaired) electrons. The molecule has 2 aromatic heterocycles. The van der Waals surface area contributed by atoms with Crippen LogP contribution in [0.3, 0.4) is 0 Å². The van der Waals surface area contributed by atoms with Crippen LogP contribution in [-0.2, 0) is 11.0 Å². The highest BCUT2D eigenvalue weighted by Crippen LogP contribution is 2.29. The molecule has 10 heteroatoms. The summed E-state index contributed by atoms with van der Waals surface area (Å²) in [6, 6.07) is 2.03. The first kappa shape index (κ1) is 17.2. The van der Waals surface area contributed by atoms with E-state index < -0.39 is 23.0 Å². The van der Waals surface area contributed by atoms with Crippen LogP contribution in [0, 0.1) is 6.92 Å².